The van der Waals surface area contributed by atoms with Crippen molar-refractivity contribution < 1.29 is 10.2 Å². The Balaban J connectivity index is 3.69. The van der Waals surface area contributed by atoms with Gasteiger partial charge in [0.15, 0.2) is 0 Å². The molecule has 0 heterocycles. The fourth-order valence-electron chi connectivity index (χ4n) is 6.81. The number of nitrogens with one attached hydrogen (secondary N) is 1. The van der Waals surface area contributed by atoms with Crippen LogP contribution in [0, 0.1) is 11.8 Å². The molecule has 0 fully saturated rings. The van der Waals surface area contributed by atoms with Gasteiger partial charge in [-0.3, -0.25) is 0 Å². The highest BCUT2D eigenvalue weighted by atomic mass is 16.3. The molecule has 0 bridgehead atoms. The van der Waals surface area contributed by atoms with Gasteiger partial charge in [-0.1, -0.05) is 194 Å². The van der Waals surface area contributed by atoms with Gasteiger partial charge in [0.1, 0.15) is 0 Å². The molecular formula is C40H83NO2. The number of aliphatic hydroxyl groups excluding tert-OH is 2. The summed E-state index contributed by atoms with van der Waals surface area (Å²) in [6.07, 6.45) is 43.8. The third-order valence-electron chi connectivity index (χ3n) is 9.87. The van der Waals surface area contributed by atoms with Crippen molar-refractivity contribution in [1.29, 1.82) is 0 Å². The smallest absolute Gasteiger partial charge is 0.0434 e. The van der Waals surface area contributed by atoms with Gasteiger partial charge in [0.25, 0.3) is 0 Å². The van der Waals surface area contributed by atoms with Gasteiger partial charge >= 0.3 is 0 Å². The lowest BCUT2D eigenvalue weighted by Gasteiger charge is -2.20. The van der Waals surface area contributed by atoms with E-state index in [4.69, 9.17) is 0 Å². The number of rotatable bonds is 38. The first-order valence-electron chi connectivity index (χ1n) is 20.2. The van der Waals surface area contributed by atoms with E-state index in [1.165, 1.54) is 193 Å². The molecule has 2 atom stereocenters. The summed E-state index contributed by atoms with van der Waals surface area (Å²) >= 11 is 0. The van der Waals surface area contributed by atoms with E-state index in [0.29, 0.717) is 25.0 Å². The van der Waals surface area contributed by atoms with Gasteiger partial charge in [0, 0.05) is 13.2 Å². The minimum atomic E-state index is 0.310. The van der Waals surface area contributed by atoms with Gasteiger partial charge in [0.2, 0.25) is 0 Å². The SMILES string of the molecule is CCCCCCCCCCCCCCCCC(CCO)CNCC(CCO)CCCCCCCCCCCCCCCC. The van der Waals surface area contributed by atoms with E-state index >= 15 is 0 Å². The van der Waals surface area contributed by atoms with Crippen LogP contribution in [0.4, 0.5) is 0 Å². The van der Waals surface area contributed by atoms with Crippen LogP contribution in [0.1, 0.15) is 219 Å². The minimum absolute atomic E-state index is 0.310. The zero-order valence-electron chi connectivity index (χ0n) is 30.0. The van der Waals surface area contributed by atoms with Crippen molar-refractivity contribution in [1.82, 2.24) is 5.32 Å². The quantitative estimate of drug-likeness (QED) is 0.0610. The Morgan fingerprint density at radius 2 is 0.558 bits per heavy atom. The molecule has 3 nitrogen and oxygen atoms in total. The average molecular weight is 610 g/mol. The molecule has 3 N–H and O–H groups in total. The van der Waals surface area contributed by atoms with Crippen molar-refractivity contribution in [3.8, 4) is 0 Å². The zero-order valence-corrected chi connectivity index (χ0v) is 30.0. The summed E-state index contributed by atoms with van der Waals surface area (Å²) in [5.41, 5.74) is 0. The standard InChI is InChI=1S/C40H83NO2/c1-3-5-7-9-11-13-15-17-19-21-23-25-27-29-31-39(33-35-42)37-41-38-40(34-36-43)32-30-28-26-24-22-20-18-16-14-12-10-8-6-4-2/h39-43H,3-38H2,1-2H3. The van der Waals surface area contributed by atoms with Gasteiger partial charge in [-0.25, -0.2) is 0 Å². The molecule has 0 spiro atoms. The highest BCUT2D eigenvalue weighted by molar-refractivity contribution is 4.68. The maximum atomic E-state index is 9.58. The molecular weight excluding hydrogens is 526 g/mol. The normalized spacial score (nSPS) is 13.1. The molecule has 0 aliphatic rings. The minimum Gasteiger partial charge on any atom is -0.396 e. The number of hydrogen-bond acceptors (Lipinski definition) is 3. The highest BCUT2D eigenvalue weighted by Crippen LogP contribution is 2.19. The molecule has 2 unspecified atom stereocenters. The van der Waals surface area contributed by atoms with Crippen LogP contribution in [-0.2, 0) is 0 Å². The predicted octanol–water partition coefficient (Wildman–Crippen LogP) is 12.3. The summed E-state index contributed by atoms with van der Waals surface area (Å²) in [5.74, 6) is 1.19. The van der Waals surface area contributed by atoms with Crippen molar-refractivity contribution in [3.63, 3.8) is 0 Å². The molecule has 0 aromatic carbocycles. The lowest BCUT2D eigenvalue weighted by Crippen LogP contribution is -2.29. The summed E-state index contributed by atoms with van der Waals surface area (Å²) < 4.78 is 0. The zero-order chi connectivity index (χ0) is 31.3. The maximum absolute atomic E-state index is 9.58. The van der Waals surface area contributed by atoms with Crippen molar-refractivity contribution in [2.45, 2.75) is 219 Å². The Kier molecular flexibility index (Phi) is 38.0. The van der Waals surface area contributed by atoms with Gasteiger partial charge in [-0.05, 0) is 50.6 Å². The van der Waals surface area contributed by atoms with Gasteiger partial charge < -0.3 is 15.5 Å². The van der Waals surface area contributed by atoms with Crippen molar-refractivity contribution >= 4 is 0 Å². The number of aliphatic hydroxyl groups is 2. The fourth-order valence-corrected chi connectivity index (χ4v) is 6.81. The van der Waals surface area contributed by atoms with E-state index in [2.05, 4.69) is 19.2 Å². The molecule has 0 aromatic heterocycles. The molecule has 0 saturated carbocycles. The highest BCUT2D eigenvalue weighted by Gasteiger charge is 2.12. The van der Waals surface area contributed by atoms with Crippen LogP contribution in [0.3, 0.4) is 0 Å². The Morgan fingerprint density at radius 1 is 0.326 bits per heavy atom. The Labute approximate surface area is 272 Å². The molecule has 0 saturated heterocycles. The van der Waals surface area contributed by atoms with Crippen LogP contribution < -0.4 is 5.32 Å². The van der Waals surface area contributed by atoms with Crippen LogP contribution >= 0.6 is 0 Å². The summed E-state index contributed by atoms with van der Waals surface area (Å²) in [7, 11) is 0. The van der Waals surface area contributed by atoms with E-state index in [-0.39, 0.29) is 0 Å². The van der Waals surface area contributed by atoms with Gasteiger partial charge in [-0.2, -0.15) is 0 Å². The Hall–Kier alpha value is -0.120. The monoisotopic (exact) mass is 610 g/mol. The van der Waals surface area contributed by atoms with Crippen LogP contribution in [0.25, 0.3) is 0 Å². The van der Waals surface area contributed by atoms with E-state index in [9.17, 15) is 10.2 Å². The molecule has 43 heavy (non-hydrogen) atoms. The van der Waals surface area contributed by atoms with Crippen molar-refractivity contribution in [2.75, 3.05) is 26.3 Å². The third kappa shape index (κ3) is 34.6. The third-order valence-corrected chi connectivity index (χ3v) is 9.87. The van der Waals surface area contributed by atoms with E-state index in [0.717, 1.165) is 25.9 Å². The molecule has 0 aliphatic heterocycles. The van der Waals surface area contributed by atoms with Crippen molar-refractivity contribution in [2.24, 2.45) is 11.8 Å². The molecule has 0 amide bonds. The lowest BCUT2D eigenvalue weighted by atomic mass is 9.95. The van der Waals surface area contributed by atoms with Gasteiger partial charge in [-0.15, -0.1) is 0 Å². The van der Waals surface area contributed by atoms with Gasteiger partial charge in [0.05, 0.1) is 0 Å². The van der Waals surface area contributed by atoms with E-state index in [1.807, 2.05) is 0 Å². The summed E-state index contributed by atoms with van der Waals surface area (Å²) in [6, 6.07) is 0. The van der Waals surface area contributed by atoms with Crippen LogP contribution in [0.2, 0.25) is 0 Å². The summed E-state index contributed by atoms with van der Waals surface area (Å²) in [4.78, 5) is 0. The van der Waals surface area contributed by atoms with E-state index < -0.39 is 0 Å². The van der Waals surface area contributed by atoms with Crippen LogP contribution in [0.5, 0.6) is 0 Å². The molecule has 3 heteroatoms. The molecule has 0 aromatic rings. The second-order valence-electron chi connectivity index (χ2n) is 14.2. The van der Waals surface area contributed by atoms with E-state index in [1.54, 1.807) is 0 Å². The maximum Gasteiger partial charge on any atom is 0.0434 e. The van der Waals surface area contributed by atoms with Crippen LogP contribution in [0.15, 0.2) is 0 Å². The Bertz CT molecular complexity index is 443. The predicted molar refractivity (Wildman–Crippen MR) is 193 cm³/mol. The second kappa shape index (κ2) is 38.1. The van der Waals surface area contributed by atoms with Crippen molar-refractivity contribution in [3.05, 3.63) is 0 Å². The molecule has 0 aliphatic carbocycles. The fraction of sp³-hybridized carbons (Fsp3) is 1.00. The molecule has 0 radical (unpaired) electrons. The Morgan fingerprint density at radius 3 is 0.791 bits per heavy atom. The first kappa shape index (κ1) is 42.9. The second-order valence-corrected chi connectivity index (χ2v) is 14.2. The molecule has 0 rings (SSSR count). The number of unbranched alkanes of at least 4 members (excludes halogenated alkanes) is 26. The first-order valence-corrected chi connectivity index (χ1v) is 20.2. The number of hydrogen-bond donors (Lipinski definition) is 3. The summed E-state index contributed by atoms with van der Waals surface area (Å²) in [5, 5.41) is 22.9. The topological polar surface area (TPSA) is 52.5 Å². The average Bonchev–Trinajstić information content (AvgIpc) is 3.01. The lowest BCUT2D eigenvalue weighted by molar-refractivity contribution is 0.233. The van der Waals surface area contributed by atoms with Crippen LogP contribution in [-0.4, -0.2) is 36.5 Å². The molecule has 260 valence electrons. The summed E-state index contributed by atoms with van der Waals surface area (Å²) in [6.45, 7) is 7.26. The largest absolute Gasteiger partial charge is 0.396 e. The first-order chi connectivity index (χ1) is 21.3.